The number of rotatable bonds is 2. The molecule has 6 heteroatoms. The van der Waals surface area contributed by atoms with Crippen LogP contribution in [0.3, 0.4) is 0 Å². The summed E-state index contributed by atoms with van der Waals surface area (Å²) in [5.74, 6) is 0.782. The number of hydrogen-bond acceptors (Lipinski definition) is 3. The summed E-state index contributed by atoms with van der Waals surface area (Å²) in [7, 11) is 0. The molecule has 2 heterocycles. The first-order chi connectivity index (χ1) is 10.6. The van der Waals surface area contributed by atoms with E-state index in [0.29, 0.717) is 10.7 Å². The van der Waals surface area contributed by atoms with Crippen molar-refractivity contribution in [2.75, 3.05) is 11.9 Å². The Morgan fingerprint density at radius 1 is 1.45 bits per heavy atom. The van der Waals surface area contributed by atoms with Crippen LogP contribution in [0.25, 0.3) is 0 Å². The molecule has 1 aromatic heterocycles. The number of nitrogens with one attached hydrogen (secondary N) is 1. The van der Waals surface area contributed by atoms with Crippen LogP contribution in [0, 0.1) is 13.8 Å². The third-order valence-electron chi connectivity index (χ3n) is 4.01. The van der Waals surface area contributed by atoms with Gasteiger partial charge in [-0.3, -0.25) is 0 Å². The van der Waals surface area contributed by atoms with Crippen LogP contribution in [0.1, 0.15) is 35.9 Å². The maximum Gasteiger partial charge on any atom is 0.322 e. The van der Waals surface area contributed by atoms with Crippen molar-refractivity contribution in [1.82, 2.24) is 10.1 Å². The molecule has 0 radical (unpaired) electrons. The van der Waals surface area contributed by atoms with Gasteiger partial charge in [-0.25, -0.2) is 4.79 Å². The molecule has 1 fully saturated rings. The Morgan fingerprint density at radius 3 is 2.95 bits per heavy atom. The zero-order valence-electron chi connectivity index (χ0n) is 12.6. The number of urea groups is 1. The van der Waals surface area contributed by atoms with Crippen LogP contribution in [-0.4, -0.2) is 22.6 Å². The molecule has 5 nitrogen and oxygen atoms in total. The SMILES string of the molecule is Cc1noc(C)c1[C@H]1CCCN1C(=O)Nc1cccc(Cl)c1. The molecule has 0 saturated carbocycles. The highest BCUT2D eigenvalue weighted by Gasteiger charge is 2.33. The molecule has 0 unspecified atom stereocenters. The summed E-state index contributed by atoms with van der Waals surface area (Å²) in [4.78, 5) is 14.4. The molecule has 0 spiro atoms. The first-order valence-corrected chi connectivity index (χ1v) is 7.70. The monoisotopic (exact) mass is 319 g/mol. The number of aryl methyl sites for hydroxylation is 2. The molecule has 0 bridgehead atoms. The lowest BCUT2D eigenvalue weighted by Gasteiger charge is -2.25. The van der Waals surface area contributed by atoms with Crippen LogP contribution >= 0.6 is 11.6 Å². The largest absolute Gasteiger partial charge is 0.361 e. The van der Waals surface area contributed by atoms with E-state index in [1.165, 1.54) is 0 Å². The third kappa shape index (κ3) is 2.81. The molecule has 1 saturated heterocycles. The van der Waals surface area contributed by atoms with Crippen LogP contribution in [0.4, 0.5) is 10.5 Å². The van der Waals surface area contributed by atoms with Gasteiger partial charge in [-0.1, -0.05) is 22.8 Å². The normalized spacial score (nSPS) is 17.8. The highest BCUT2D eigenvalue weighted by molar-refractivity contribution is 6.30. The first-order valence-electron chi connectivity index (χ1n) is 7.32. The molecule has 1 N–H and O–H groups in total. The van der Waals surface area contributed by atoms with E-state index in [-0.39, 0.29) is 12.1 Å². The zero-order valence-corrected chi connectivity index (χ0v) is 13.4. The van der Waals surface area contributed by atoms with Crippen molar-refractivity contribution >= 4 is 23.3 Å². The Kier molecular flexibility index (Phi) is 4.07. The van der Waals surface area contributed by atoms with Crippen molar-refractivity contribution in [3.8, 4) is 0 Å². The van der Waals surface area contributed by atoms with E-state index in [9.17, 15) is 4.79 Å². The Bertz CT molecular complexity index is 679. The van der Waals surface area contributed by atoms with Gasteiger partial charge in [0.1, 0.15) is 5.76 Å². The second kappa shape index (κ2) is 6.01. The lowest BCUT2D eigenvalue weighted by atomic mass is 10.0. The van der Waals surface area contributed by atoms with E-state index in [4.69, 9.17) is 16.1 Å². The average molecular weight is 320 g/mol. The Hall–Kier alpha value is -2.01. The molecule has 3 rings (SSSR count). The van der Waals surface area contributed by atoms with Gasteiger partial charge < -0.3 is 14.7 Å². The van der Waals surface area contributed by atoms with Crippen molar-refractivity contribution < 1.29 is 9.32 Å². The predicted molar refractivity (Wildman–Crippen MR) is 85.1 cm³/mol. The van der Waals surface area contributed by atoms with E-state index in [1.54, 1.807) is 12.1 Å². The maximum absolute atomic E-state index is 12.6. The van der Waals surface area contributed by atoms with Crippen LogP contribution < -0.4 is 5.32 Å². The molecule has 1 aliphatic rings. The molecule has 1 aliphatic heterocycles. The van der Waals surface area contributed by atoms with Crippen molar-refractivity contribution in [1.29, 1.82) is 0 Å². The number of carbonyl (C=O) groups excluding carboxylic acids is 1. The maximum atomic E-state index is 12.6. The standard InChI is InChI=1S/C16H18ClN3O2/c1-10-15(11(2)22-19-10)14-7-4-8-20(14)16(21)18-13-6-3-5-12(17)9-13/h3,5-6,9,14H,4,7-8H2,1-2H3,(H,18,21)/t14-/m1/s1. The fraction of sp³-hybridized carbons (Fsp3) is 0.375. The van der Waals surface area contributed by atoms with E-state index in [0.717, 1.165) is 36.4 Å². The highest BCUT2D eigenvalue weighted by atomic mass is 35.5. The van der Waals surface area contributed by atoms with E-state index in [1.807, 2.05) is 30.9 Å². The summed E-state index contributed by atoms with van der Waals surface area (Å²) in [6.45, 7) is 4.53. The number of nitrogens with zero attached hydrogens (tertiary/aromatic N) is 2. The summed E-state index contributed by atoms with van der Waals surface area (Å²) in [5, 5.41) is 7.50. The summed E-state index contributed by atoms with van der Waals surface area (Å²) in [6.07, 6.45) is 1.89. The predicted octanol–water partition coefficient (Wildman–Crippen LogP) is 4.31. The number of hydrogen-bond donors (Lipinski definition) is 1. The highest BCUT2D eigenvalue weighted by Crippen LogP contribution is 2.35. The molecule has 1 atom stereocenters. The van der Waals surface area contributed by atoms with Gasteiger partial charge in [0, 0.05) is 22.8 Å². The molecule has 22 heavy (non-hydrogen) atoms. The fourth-order valence-corrected chi connectivity index (χ4v) is 3.23. The van der Waals surface area contributed by atoms with Crippen molar-refractivity contribution in [2.45, 2.75) is 32.7 Å². The number of anilines is 1. The van der Waals surface area contributed by atoms with Gasteiger partial charge in [0.05, 0.1) is 11.7 Å². The zero-order chi connectivity index (χ0) is 15.7. The van der Waals surface area contributed by atoms with Crippen molar-refractivity contribution in [3.63, 3.8) is 0 Å². The van der Waals surface area contributed by atoms with Gasteiger partial charge in [0.25, 0.3) is 0 Å². The van der Waals surface area contributed by atoms with E-state index in [2.05, 4.69) is 10.5 Å². The molecule has 116 valence electrons. The van der Waals surface area contributed by atoms with Crippen molar-refractivity contribution in [2.24, 2.45) is 0 Å². The lowest BCUT2D eigenvalue weighted by molar-refractivity contribution is 0.206. The van der Waals surface area contributed by atoms with Crippen LogP contribution in [-0.2, 0) is 0 Å². The molecule has 2 amide bonds. The van der Waals surface area contributed by atoms with E-state index >= 15 is 0 Å². The summed E-state index contributed by atoms with van der Waals surface area (Å²) >= 11 is 5.95. The van der Waals surface area contributed by atoms with Crippen LogP contribution in [0.5, 0.6) is 0 Å². The Labute approximate surface area is 134 Å². The Balaban J connectivity index is 1.80. The van der Waals surface area contributed by atoms with Crippen LogP contribution in [0.2, 0.25) is 5.02 Å². The number of aromatic nitrogens is 1. The second-order valence-electron chi connectivity index (χ2n) is 5.53. The average Bonchev–Trinajstić information content (AvgIpc) is 3.05. The minimum atomic E-state index is -0.121. The first kappa shape index (κ1) is 14.9. The minimum absolute atomic E-state index is 0.0189. The van der Waals surface area contributed by atoms with Gasteiger partial charge in [0.2, 0.25) is 0 Å². The number of halogens is 1. The fourth-order valence-electron chi connectivity index (χ4n) is 3.04. The molecular formula is C16H18ClN3O2. The lowest BCUT2D eigenvalue weighted by Crippen LogP contribution is -2.34. The van der Waals surface area contributed by atoms with Gasteiger partial charge in [0.15, 0.2) is 0 Å². The minimum Gasteiger partial charge on any atom is -0.361 e. The van der Waals surface area contributed by atoms with Crippen LogP contribution in [0.15, 0.2) is 28.8 Å². The third-order valence-corrected chi connectivity index (χ3v) is 4.25. The van der Waals surface area contributed by atoms with E-state index < -0.39 is 0 Å². The van der Waals surface area contributed by atoms with Gasteiger partial charge in [-0.2, -0.15) is 0 Å². The van der Waals surface area contributed by atoms with Gasteiger partial charge >= 0.3 is 6.03 Å². The molecular weight excluding hydrogens is 302 g/mol. The number of amides is 2. The Morgan fingerprint density at radius 2 is 2.27 bits per heavy atom. The van der Waals surface area contributed by atoms with Crippen molar-refractivity contribution in [3.05, 3.63) is 46.3 Å². The van der Waals surface area contributed by atoms with Gasteiger partial charge in [-0.05, 0) is 44.9 Å². The number of benzene rings is 1. The van der Waals surface area contributed by atoms with Gasteiger partial charge in [-0.15, -0.1) is 0 Å². The second-order valence-corrected chi connectivity index (χ2v) is 5.97. The summed E-state index contributed by atoms with van der Waals surface area (Å²) in [6, 6.07) is 7.05. The summed E-state index contributed by atoms with van der Waals surface area (Å²) in [5.41, 5.74) is 2.57. The smallest absolute Gasteiger partial charge is 0.322 e. The quantitative estimate of drug-likeness (QED) is 0.897. The molecule has 1 aromatic carbocycles. The number of carbonyl (C=O) groups is 1. The number of likely N-dealkylation sites (tertiary alicyclic amines) is 1. The summed E-state index contributed by atoms with van der Waals surface area (Å²) < 4.78 is 5.24. The topological polar surface area (TPSA) is 58.4 Å². The molecule has 0 aliphatic carbocycles. The molecule has 2 aromatic rings.